The predicted octanol–water partition coefficient (Wildman–Crippen LogP) is 4.39. The number of benzene rings is 2. The Labute approximate surface area is 198 Å². The van der Waals surface area contributed by atoms with Gasteiger partial charge in [-0.25, -0.2) is 0 Å². The van der Waals surface area contributed by atoms with Gasteiger partial charge in [-0.3, -0.25) is 9.69 Å². The summed E-state index contributed by atoms with van der Waals surface area (Å²) in [7, 11) is 5.48. The molecule has 33 heavy (non-hydrogen) atoms. The Bertz CT molecular complexity index is 963. The number of fused-ring (bicyclic) bond motifs is 1. The molecule has 2 fully saturated rings. The minimum atomic E-state index is -0.0823. The summed E-state index contributed by atoms with van der Waals surface area (Å²) in [5.41, 5.74) is 1.94. The molecule has 176 valence electrons. The molecule has 0 radical (unpaired) electrons. The Kier molecular flexibility index (Phi) is 7.20. The fourth-order valence-electron chi connectivity index (χ4n) is 6.01. The second kappa shape index (κ2) is 10.1. The van der Waals surface area contributed by atoms with Crippen LogP contribution in [0.4, 0.5) is 0 Å². The van der Waals surface area contributed by atoms with E-state index < -0.39 is 0 Å². The van der Waals surface area contributed by atoms with Gasteiger partial charge in [0, 0.05) is 50.2 Å². The minimum absolute atomic E-state index is 0.0635. The number of hydrogen-bond acceptors (Lipinski definition) is 4. The van der Waals surface area contributed by atoms with Gasteiger partial charge >= 0.3 is 0 Å². The molecule has 1 aliphatic heterocycles. The highest BCUT2D eigenvalue weighted by atomic mass is 16.5. The first-order valence-electron chi connectivity index (χ1n) is 11.8. The Hall–Kier alpha value is -2.63. The van der Waals surface area contributed by atoms with Gasteiger partial charge in [-0.15, -0.1) is 6.58 Å². The van der Waals surface area contributed by atoms with Crippen molar-refractivity contribution in [2.75, 3.05) is 40.9 Å². The van der Waals surface area contributed by atoms with Crippen LogP contribution in [-0.4, -0.2) is 68.8 Å². The van der Waals surface area contributed by atoms with Crippen LogP contribution >= 0.6 is 0 Å². The minimum Gasteiger partial charge on any atom is -0.497 e. The Morgan fingerprint density at radius 3 is 2.70 bits per heavy atom. The zero-order valence-corrected chi connectivity index (χ0v) is 20.1. The monoisotopic (exact) mass is 448 g/mol. The number of likely N-dealkylation sites (tertiary alicyclic amines) is 1. The number of piperidine rings is 1. The molecule has 5 heteroatoms. The zero-order chi connectivity index (χ0) is 23.4. The molecule has 0 spiro atoms. The second-order valence-corrected chi connectivity index (χ2v) is 9.44. The van der Waals surface area contributed by atoms with Crippen LogP contribution in [-0.2, 0) is 10.2 Å². The van der Waals surface area contributed by atoms with Crippen LogP contribution < -0.4 is 4.74 Å². The lowest BCUT2D eigenvalue weighted by atomic mass is 9.56. The van der Waals surface area contributed by atoms with Gasteiger partial charge in [0.15, 0.2) is 0 Å². The Morgan fingerprint density at radius 2 is 2.00 bits per heavy atom. The van der Waals surface area contributed by atoms with Crippen molar-refractivity contribution in [1.82, 2.24) is 9.80 Å². The highest BCUT2D eigenvalue weighted by Gasteiger charge is 2.53. The molecule has 0 aromatic heterocycles. The summed E-state index contributed by atoms with van der Waals surface area (Å²) in [6.07, 6.45) is 4.82. The van der Waals surface area contributed by atoms with Crippen molar-refractivity contribution in [1.29, 1.82) is 0 Å². The summed E-state index contributed by atoms with van der Waals surface area (Å²) in [6.45, 7) is 6.79. The van der Waals surface area contributed by atoms with Crippen molar-refractivity contribution >= 4 is 5.91 Å². The molecule has 0 bridgehead atoms. The van der Waals surface area contributed by atoms with Crippen molar-refractivity contribution in [2.24, 2.45) is 5.92 Å². The molecule has 2 aromatic rings. The fourth-order valence-corrected chi connectivity index (χ4v) is 6.01. The number of carbonyl (C=O) groups excluding carboxylic acids is 1. The molecular weight excluding hydrogens is 412 g/mol. The predicted molar refractivity (Wildman–Crippen MR) is 132 cm³/mol. The second-order valence-electron chi connectivity index (χ2n) is 9.44. The van der Waals surface area contributed by atoms with E-state index in [0.29, 0.717) is 5.92 Å². The SMILES string of the molecule is C=CCN1CCC2(c3cccc(OC)c3)CC(N(C)C(=O)c3ccccc3)CC(OC)C2C1. The molecule has 4 rings (SSSR count). The average Bonchev–Trinajstić information content (AvgIpc) is 2.87. The number of rotatable bonds is 7. The van der Waals surface area contributed by atoms with E-state index in [1.54, 1.807) is 7.11 Å². The molecule has 1 saturated heterocycles. The number of amides is 1. The highest BCUT2D eigenvalue weighted by Crippen LogP contribution is 2.51. The highest BCUT2D eigenvalue weighted by molar-refractivity contribution is 5.94. The van der Waals surface area contributed by atoms with Gasteiger partial charge in [0.25, 0.3) is 5.91 Å². The summed E-state index contributed by atoms with van der Waals surface area (Å²) >= 11 is 0. The van der Waals surface area contributed by atoms with Crippen LogP contribution in [0.1, 0.15) is 35.2 Å². The molecule has 1 heterocycles. The van der Waals surface area contributed by atoms with E-state index in [2.05, 4.69) is 29.7 Å². The quantitative estimate of drug-likeness (QED) is 0.589. The first-order valence-corrected chi connectivity index (χ1v) is 11.8. The summed E-state index contributed by atoms with van der Waals surface area (Å²) < 4.78 is 11.7. The molecule has 1 saturated carbocycles. The number of nitrogens with zero attached hydrogens (tertiary/aromatic N) is 2. The third-order valence-electron chi connectivity index (χ3n) is 7.82. The molecule has 1 amide bonds. The van der Waals surface area contributed by atoms with E-state index in [4.69, 9.17) is 9.47 Å². The van der Waals surface area contributed by atoms with E-state index in [1.807, 2.05) is 61.5 Å². The first kappa shape index (κ1) is 23.5. The summed E-state index contributed by atoms with van der Waals surface area (Å²) in [5, 5.41) is 0. The molecular formula is C28H36N2O3. The standard InChI is InChI=1S/C28H36N2O3/c1-5-15-30-16-14-28(22-12-9-13-24(17-22)32-3)19-23(18-26(33-4)25(28)20-30)29(2)27(31)21-10-7-6-8-11-21/h5-13,17,23,25-26H,1,14-16,18-20H2,2-4H3. The lowest BCUT2D eigenvalue weighted by Crippen LogP contribution is -2.61. The third-order valence-corrected chi connectivity index (χ3v) is 7.82. The van der Waals surface area contributed by atoms with Crippen molar-refractivity contribution in [2.45, 2.75) is 36.8 Å². The number of methoxy groups -OCH3 is 2. The number of carbonyl (C=O) groups is 1. The van der Waals surface area contributed by atoms with Crippen LogP contribution in [0.3, 0.4) is 0 Å². The maximum atomic E-state index is 13.3. The Morgan fingerprint density at radius 1 is 1.21 bits per heavy atom. The van der Waals surface area contributed by atoms with E-state index in [-0.39, 0.29) is 23.5 Å². The maximum Gasteiger partial charge on any atom is 0.253 e. The molecule has 2 aliphatic rings. The molecule has 4 unspecified atom stereocenters. The number of hydrogen-bond donors (Lipinski definition) is 0. The average molecular weight is 449 g/mol. The molecule has 1 aliphatic carbocycles. The van der Waals surface area contributed by atoms with Crippen molar-refractivity contribution in [3.63, 3.8) is 0 Å². The lowest BCUT2D eigenvalue weighted by Gasteiger charge is -2.56. The zero-order valence-electron chi connectivity index (χ0n) is 20.1. The largest absolute Gasteiger partial charge is 0.497 e. The van der Waals surface area contributed by atoms with Crippen LogP contribution in [0.25, 0.3) is 0 Å². The first-order chi connectivity index (χ1) is 16.0. The van der Waals surface area contributed by atoms with E-state index in [1.165, 1.54) is 5.56 Å². The van der Waals surface area contributed by atoms with Crippen LogP contribution in [0, 0.1) is 5.92 Å². The smallest absolute Gasteiger partial charge is 0.253 e. The summed E-state index contributed by atoms with van der Waals surface area (Å²) in [5.74, 6) is 1.28. The van der Waals surface area contributed by atoms with E-state index in [9.17, 15) is 4.79 Å². The third kappa shape index (κ3) is 4.57. The molecule has 4 atom stereocenters. The van der Waals surface area contributed by atoms with Gasteiger partial charge in [-0.05, 0) is 55.6 Å². The fraction of sp³-hybridized carbons (Fsp3) is 0.464. The molecule has 0 N–H and O–H groups in total. The van der Waals surface area contributed by atoms with Crippen LogP contribution in [0.5, 0.6) is 5.75 Å². The van der Waals surface area contributed by atoms with Gasteiger partial charge in [0.2, 0.25) is 0 Å². The van der Waals surface area contributed by atoms with Gasteiger partial charge < -0.3 is 14.4 Å². The van der Waals surface area contributed by atoms with Crippen molar-refractivity contribution in [3.8, 4) is 5.75 Å². The van der Waals surface area contributed by atoms with Gasteiger partial charge in [-0.1, -0.05) is 36.4 Å². The van der Waals surface area contributed by atoms with Crippen molar-refractivity contribution < 1.29 is 14.3 Å². The Balaban J connectivity index is 1.71. The van der Waals surface area contributed by atoms with Crippen molar-refractivity contribution in [3.05, 3.63) is 78.4 Å². The topological polar surface area (TPSA) is 42.0 Å². The van der Waals surface area contributed by atoms with Crippen LogP contribution in [0.2, 0.25) is 0 Å². The van der Waals surface area contributed by atoms with Crippen LogP contribution in [0.15, 0.2) is 67.3 Å². The number of ether oxygens (including phenoxy) is 2. The van der Waals surface area contributed by atoms with Gasteiger partial charge in [-0.2, -0.15) is 0 Å². The maximum absolute atomic E-state index is 13.3. The summed E-state index contributed by atoms with van der Waals surface area (Å²) in [6, 6.07) is 18.2. The van der Waals surface area contributed by atoms with Gasteiger partial charge in [0.1, 0.15) is 5.75 Å². The lowest BCUT2D eigenvalue weighted by molar-refractivity contribution is -0.0772. The molecule has 2 aromatic carbocycles. The van der Waals surface area contributed by atoms with E-state index in [0.717, 1.165) is 50.2 Å². The van der Waals surface area contributed by atoms with E-state index >= 15 is 0 Å². The molecule has 5 nitrogen and oxygen atoms in total. The normalized spacial score (nSPS) is 27.4. The van der Waals surface area contributed by atoms with Gasteiger partial charge in [0.05, 0.1) is 13.2 Å². The summed E-state index contributed by atoms with van der Waals surface area (Å²) in [4.78, 5) is 17.7.